The van der Waals surface area contributed by atoms with Crippen LogP contribution in [0.25, 0.3) is 0 Å². The molecular formula is C18H27NO5. The predicted octanol–water partition coefficient (Wildman–Crippen LogP) is 2.51. The SMILES string of the molecule is COC(=O)CCN(CCOc1ccc(OC)cc1)C(=O)CC(C)C. The molecular weight excluding hydrogens is 310 g/mol. The van der Waals surface area contributed by atoms with Gasteiger partial charge in [0, 0.05) is 13.0 Å². The third kappa shape index (κ3) is 7.35. The predicted molar refractivity (Wildman–Crippen MR) is 91.2 cm³/mol. The highest BCUT2D eigenvalue weighted by Gasteiger charge is 2.16. The lowest BCUT2D eigenvalue weighted by molar-refractivity contribution is -0.142. The molecule has 6 heteroatoms. The number of benzene rings is 1. The van der Waals surface area contributed by atoms with Crippen molar-refractivity contribution in [3.8, 4) is 11.5 Å². The molecule has 0 heterocycles. The molecule has 1 rings (SSSR count). The highest BCUT2D eigenvalue weighted by Crippen LogP contribution is 2.17. The van der Waals surface area contributed by atoms with E-state index >= 15 is 0 Å². The Morgan fingerprint density at radius 1 is 1.04 bits per heavy atom. The van der Waals surface area contributed by atoms with Crippen LogP contribution in [0.2, 0.25) is 0 Å². The van der Waals surface area contributed by atoms with E-state index in [0.29, 0.717) is 31.9 Å². The Kier molecular flexibility index (Phi) is 8.68. The van der Waals surface area contributed by atoms with Gasteiger partial charge in [-0.25, -0.2) is 0 Å². The van der Waals surface area contributed by atoms with Gasteiger partial charge in [-0.2, -0.15) is 0 Å². The zero-order valence-electron chi connectivity index (χ0n) is 14.9. The van der Waals surface area contributed by atoms with E-state index in [1.807, 2.05) is 38.1 Å². The van der Waals surface area contributed by atoms with Crippen LogP contribution in [0, 0.1) is 5.92 Å². The normalized spacial score (nSPS) is 10.4. The molecule has 0 spiro atoms. The van der Waals surface area contributed by atoms with Gasteiger partial charge in [0.1, 0.15) is 18.1 Å². The Balaban J connectivity index is 2.52. The number of carbonyl (C=O) groups excluding carboxylic acids is 2. The van der Waals surface area contributed by atoms with Crippen molar-refractivity contribution in [3.05, 3.63) is 24.3 Å². The van der Waals surface area contributed by atoms with Crippen molar-refractivity contribution in [2.75, 3.05) is 33.9 Å². The van der Waals surface area contributed by atoms with Crippen LogP contribution in [-0.2, 0) is 14.3 Å². The summed E-state index contributed by atoms with van der Waals surface area (Å²) in [4.78, 5) is 25.2. The summed E-state index contributed by atoms with van der Waals surface area (Å²) in [6, 6.07) is 7.25. The average Bonchev–Trinajstić information content (AvgIpc) is 2.57. The molecule has 1 amide bonds. The summed E-state index contributed by atoms with van der Waals surface area (Å²) in [6.07, 6.45) is 0.632. The van der Waals surface area contributed by atoms with Crippen LogP contribution in [0.3, 0.4) is 0 Å². The molecule has 6 nitrogen and oxygen atoms in total. The summed E-state index contributed by atoms with van der Waals surface area (Å²) in [6.45, 7) is 5.10. The minimum atomic E-state index is -0.326. The van der Waals surface area contributed by atoms with Gasteiger partial charge in [0.15, 0.2) is 0 Å². The van der Waals surface area contributed by atoms with Gasteiger partial charge in [-0.15, -0.1) is 0 Å². The standard InChI is InChI=1S/C18H27NO5/c1-14(2)13-17(20)19(10-9-18(21)23-4)11-12-24-16-7-5-15(22-3)6-8-16/h5-8,14H,9-13H2,1-4H3. The highest BCUT2D eigenvalue weighted by atomic mass is 16.5. The molecule has 0 saturated heterocycles. The molecule has 0 aliphatic rings. The smallest absolute Gasteiger partial charge is 0.307 e. The van der Waals surface area contributed by atoms with E-state index < -0.39 is 0 Å². The van der Waals surface area contributed by atoms with Gasteiger partial charge < -0.3 is 19.1 Å². The van der Waals surface area contributed by atoms with Gasteiger partial charge in [0.05, 0.1) is 27.2 Å². The average molecular weight is 337 g/mol. The van der Waals surface area contributed by atoms with Crippen LogP contribution >= 0.6 is 0 Å². The number of amides is 1. The minimum absolute atomic E-state index is 0.0206. The van der Waals surface area contributed by atoms with E-state index in [9.17, 15) is 9.59 Å². The van der Waals surface area contributed by atoms with Crippen LogP contribution in [-0.4, -0.2) is 50.7 Å². The molecule has 24 heavy (non-hydrogen) atoms. The number of carbonyl (C=O) groups is 2. The van der Waals surface area contributed by atoms with Gasteiger partial charge in [-0.05, 0) is 30.2 Å². The van der Waals surface area contributed by atoms with Crippen molar-refractivity contribution < 1.29 is 23.8 Å². The number of hydrogen-bond donors (Lipinski definition) is 0. The lowest BCUT2D eigenvalue weighted by atomic mass is 10.1. The monoisotopic (exact) mass is 337 g/mol. The van der Waals surface area contributed by atoms with Crippen molar-refractivity contribution in [2.24, 2.45) is 5.92 Å². The van der Waals surface area contributed by atoms with Crippen molar-refractivity contribution in [1.82, 2.24) is 4.90 Å². The van der Waals surface area contributed by atoms with Gasteiger partial charge in [0.25, 0.3) is 0 Å². The molecule has 134 valence electrons. The Morgan fingerprint density at radius 3 is 2.21 bits per heavy atom. The Bertz CT molecular complexity index is 513. The first kappa shape index (κ1) is 19.8. The van der Waals surface area contributed by atoms with Crippen LogP contribution in [0.1, 0.15) is 26.7 Å². The number of esters is 1. The molecule has 0 bridgehead atoms. The first-order valence-corrected chi connectivity index (χ1v) is 8.07. The quantitative estimate of drug-likeness (QED) is 0.614. The van der Waals surface area contributed by atoms with E-state index in [0.717, 1.165) is 5.75 Å². The van der Waals surface area contributed by atoms with E-state index in [1.165, 1.54) is 7.11 Å². The lowest BCUT2D eigenvalue weighted by Gasteiger charge is -2.23. The van der Waals surface area contributed by atoms with Crippen molar-refractivity contribution in [3.63, 3.8) is 0 Å². The zero-order chi connectivity index (χ0) is 17.9. The fraction of sp³-hybridized carbons (Fsp3) is 0.556. The Labute approximate surface area is 143 Å². The van der Waals surface area contributed by atoms with E-state index in [1.54, 1.807) is 12.0 Å². The second-order valence-electron chi connectivity index (χ2n) is 5.83. The Hall–Kier alpha value is -2.24. The second kappa shape index (κ2) is 10.5. The lowest BCUT2D eigenvalue weighted by Crippen LogP contribution is -2.37. The highest BCUT2D eigenvalue weighted by molar-refractivity contribution is 5.77. The van der Waals surface area contributed by atoms with Crippen molar-refractivity contribution in [1.29, 1.82) is 0 Å². The molecule has 0 aliphatic carbocycles. The molecule has 0 N–H and O–H groups in total. The van der Waals surface area contributed by atoms with Crippen LogP contribution < -0.4 is 9.47 Å². The van der Waals surface area contributed by atoms with Crippen LogP contribution in [0.4, 0.5) is 0 Å². The van der Waals surface area contributed by atoms with Crippen LogP contribution in [0.5, 0.6) is 11.5 Å². The summed E-state index contributed by atoms with van der Waals surface area (Å²) in [5.41, 5.74) is 0. The molecule has 0 saturated carbocycles. The van der Waals surface area contributed by atoms with Gasteiger partial charge in [-0.3, -0.25) is 9.59 Å². The van der Waals surface area contributed by atoms with Crippen LogP contribution in [0.15, 0.2) is 24.3 Å². The number of hydrogen-bond acceptors (Lipinski definition) is 5. The van der Waals surface area contributed by atoms with Crippen molar-refractivity contribution >= 4 is 11.9 Å². The van der Waals surface area contributed by atoms with E-state index in [-0.39, 0.29) is 24.2 Å². The zero-order valence-corrected chi connectivity index (χ0v) is 14.9. The number of ether oxygens (including phenoxy) is 3. The summed E-state index contributed by atoms with van der Waals surface area (Å²) in [5.74, 6) is 1.43. The molecule has 0 radical (unpaired) electrons. The maximum absolute atomic E-state index is 12.3. The molecule has 0 unspecified atom stereocenters. The summed E-state index contributed by atoms with van der Waals surface area (Å²) >= 11 is 0. The number of methoxy groups -OCH3 is 2. The van der Waals surface area contributed by atoms with Gasteiger partial charge in [0.2, 0.25) is 5.91 Å². The first-order valence-electron chi connectivity index (χ1n) is 8.07. The minimum Gasteiger partial charge on any atom is -0.497 e. The maximum Gasteiger partial charge on any atom is 0.307 e. The summed E-state index contributed by atoms with van der Waals surface area (Å²) < 4.78 is 15.4. The molecule has 1 aromatic carbocycles. The number of rotatable bonds is 10. The van der Waals surface area contributed by atoms with Gasteiger partial charge >= 0.3 is 5.97 Å². The molecule has 0 fully saturated rings. The largest absolute Gasteiger partial charge is 0.497 e. The third-order valence-electron chi connectivity index (χ3n) is 3.44. The van der Waals surface area contributed by atoms with Crippen molar-refractivity contribution in [2.45, 2.75) is 26.7 Å². The summed E-state index contributed by atoms with van der Waals surface area (Å²) in [7, 11) is 2.95. The van der Waals surface area contributed by atoms with E-state index in [4.69, 9.17) is 9.47 Å². The molecule has 0 atom stereocenters. The topological polar surface area (TPSA) is 65.1 Å². The number of nitrogens with zero attached hydrogens (tertiary/aromatic N) is 1. The molecule has 1 aromatic rings. The molecule has 0 aliphatic heterocycles. The Morgan fingerprint density at radius 2 is 1.67 bits per heavy atom. The molecule has 0 aromatic heterocycles. The first-order chi connectivity index (χ1) is 11.5. The third-order valence-corrected chi connectivity index (χ3v) is 3.44. The van der Waals surface area contributed by atoms with Gasteiger partial charge in [-0.1, -0.05) is 13.8 Å². The summed E-state index contributed by atoms with van der Waals surface area (Å²) in [5, 5.41) is 0. The maximum atomic E-state index is 12.3. The fourth-order valence-corrected chi connectivity index (χ4v) is 2.11. The fourth-order valence-electron chi connectivity index (χ4n) is 2.11. The second-order valence-corrected chi connectivity index (χ2v) is 5.83. The van der Waals surface area contributed by atoms with E-state index in [2.05, 4.69) is 4.74 Å².